The van der Waals surface area contributed by atoms with E-state index in [0.29, 0.717) is 0 Å². The van der Waals surface area contributed by atoms with E-state index < -0.39 is 0 Å². The molecule has 3 heteroatoms. The molecule has 14 heavy (non-hydrogen) atoms. The molecule has 0 saturated carbocycles. The first-order valence-electron chi connectivity index (χ1n) is 5.98. The van der Waals surface area contributed by atoms with Crippen molar-refractivity contribution in [3.05, 3.63) is 0 Å². The Kier molecular flexibility index (Phi) is 10.9. The molecule has 0 bridgehead atoms. The maximum absolute atomic E-state index is 4.85. The second-order valence-corrected chi connectivity index (χ2v) is 3.71. The van der Waals surface area contributed by atoms with E-state index >= 15 is 0 Å². The lowest BCUT2D eigenvalue weighted by molar-refractivity contribution is 0.236. The molecule has 1 aliphatic heterocycles. The van der Waals surface area contributed by atoms with Crippen LogP contribution in [0.2, 0.25) is 0 Å². The van der Waals surface area contributed by atoms with Crippen LogP contribution >= 0.6 is 0 Å². The molecule has 86 valence electrons. The number of rotatable bonds is 4. The van der Waals surface area contributed by atoms with Gasteiger partial charge in [-0.25, -0.2) is 0 Å². The number of nitrogens with two attached hydrogens (primary N) is 1. The van der Waals surface area contributed by atoms with Crippen LogP contribution in [0.3, 0.4) is 0 Å². The van der Waals surface area contributed by atoms with Crippen molar-refractivity contribution in [3.63, 3.8) is 0 Å². The van der Waals surface area contributed by atoms with E-state index in [1.807, 2.05) is 6.92 Å². The summed E-state index contributed by atoms with van der Waals surface area (Å²) in [6.07, 6.45) is 4.12. The van der Waals surface area contributed by atoms with E-state index in [2.05, 4.69) is 17.1 Å². The first kappa shape index (κ1) is 13.9. The minimum absolute atomic E-state index is 0.750. The minimum atomic E-state index is 0.750. The summed E-state index contributed by atoms with van der Waals surface area (Å²) in [5.41, 5.74) is 4.85. The molecule has 0 spiro atoms. The number of hydrogen-bond acceptors (Lipinski definition) is 3. The second-order valence-electron chi connectivity index (χ2n) is 3.71. The van der Waals surface area contributed by atoms with Crippen LogP contribution in [0.5, 0.6) is 0 Å². The Labute approximate surface area is 89.0 Å². The van der Waals surface area contributed by atoms with Gasteiger partial charge in [-0.05, 0) is 19.5 Å². The highest BCUT2D eigenvalue weighted by Gasteiger charge is 2.07. The number of unbranched alkanes of at least 4 members (excludes halogenated alkanes) is 2. The molecule has 1 rings (SSSR count). The maximum atomic E-state index is 4.85. The first-order valence-corrected chi connectivity index (χ1v) is 5.98. The van der Waals surface area contributed by atoms with E-state index in [4.69, 9.17) is 5.73 Å². The zero-order valence-electron chi connectivity index (χ0n) is 9.89. The predicted molar refractivity (Wildman–Crippen MR) is 63.6 cm³/mol. The van der Waals surface area contributed by atoms with E-state index in [0.717, 1.165) is 6.54 Å². The van der Waals surface area contributed by atoms with Crippen molar-refractivity contribution < 1.29 is 0 Å². The maximum Gasteiger partial charge on any atom is 0.0107 e. The molecular formula is C11H27N3. The van der Waals surface area contributed by atoms with Crippen LogP contribution in [0.25, 0.3) is 0 Å². The van der Waals surface area contributed by atoms with Crippen molar-refractivity contribution in [1.29, 1.82) is 0 Å². The standard InChI is InChI=1S/C9H20N2.C2H7N/c1-2-3-4-7-11-8-5-10-6-9-11;1-2-3/h10H,2-9H2,1H3;2-3H2,1H3. The van der Waals surface area contributed by atoms with Crippen LogP contribution in [0.4, 0.5) is 0 Å². The fourth-order valence-corrected chi connectivity index (χ4v) is 1.52. The molecule has 0 aromatic rings. The van der Waals surface area contributed by atoms with Gasteiger partial charge in [0.2, 0.25) is 0 Å². The Morgan fingerprint density at radius 2 is 1.71 bits per heavy atom. The molecule has 3 N–H and O–H groups in total. The summed E-state index contributed by atoms with van der Waals surface area (Å²) in [6.45, 7) is 11.1. The Morgan fingerprint density at radius 3 is 2.21 bits per heavy atom. The SMILES string of the molecule is CCCCCN1CCNCC1.CCN. The van der Waals surface area contributed by atoms with E-state index in [9.17, 15) is 0 Å². The Balaban J connectivity index is 0.000000500. The van der Waals surface area contributed by atoms with Gasteiger partial charge in [0.1, 0.15) is 0 Å². The van der Waals surface area contributed by atoms with E-state index in [1.165, 1.54) is 52.0 Å². The molecule has 1 heterocycles. The van der Waals surface area contributed by atoms with Crippen molar-refractivity contribution in [2.45, 2.75) is 33.1 Å². The van der Waals surface area contributed by atoms with Gasteiger partial charge in [0.25, 0.3) is 0 Å². The minimum Gasteiger partial charge on any atom is -0.331 e. The smallest absolute Gasteiger partial charge is 0.0107 e. The number of hydrogen-bond donors (Lipinski definition) is 2. The number of nitrogens with one attached hydrogen (secondary N) is 1. The highest BCUT2D eigenvalue weighted by Crippen LogP contribution is 1.98. The van der Waals surface area contributed by atoms with Crippen LogP contribution in [0.15, 0.2) is 0 Å². The highest BCUT2D eigenvalue weighted by atomic mass is 15.2. The molecule has 1 saturated heterocycles. The molecule has 0 aliphatic carbocycles. The summed E-state index contributed by atoms with van der Waals surface area (Å²) >= 11 is 0. The van der Waals surface area contributed by atoms with E-state index in [1.54, 1.807) is 0 Å². The third kappa shape index (κ3) is 8.48. The lowest BCUT2D eigenvalue weighted by atomic mass is 10.2. The fourth-order valence-electron chi connectivity index (χ4n) is 1.52. The van der Waals surface area contributed by atoms with Crippen LogP contribution in [-0.4, -0.2) is 44.2 Å². The molecule has 1 fully saturated rings. The third-order valence-corrected chi connectivity index (χ3v) is 2.29. The molecule has 0 atom stereocenters. The Bertz CT molecular complexity index is 101. The molecule has 0 aromatic carbocycles. The van der Waals surface area contributed by atoms with Gasteiger partial charge in [-0.3, -0.25) is 0 Å². The van der Waals surface area contributed by atoms with Crippen molar-refractivity contribution >= 4 is 0 Å². The third-order valence-electron chi connectivity index (χ3n) is 2.29. The molecule has 3 nitrogen and oxygen atoms in total. The van der Waals surface area contributed by atoms with Crippen molar-refractivity contribution in [1.82, 2.24) is 10.2 Å². The highest BCUT2D eigenvalue weighted by molar-refractivity contribution is 4.66. The molecule has 1 aliphatic rings. The van der Waals surface area contributed by atoms with Crippen LogP contribution < -0.4 is 11.1 Å². The topological polar surface area (TPSA) is 41.3 Å². The van der Waals surface area contributed by atoms with Gasteiger partial charge in [-0.15, -0.1) is 0 Å². The average Bonchev–Trinajstić information content (AvgIpc) is 2.21. The Hall–Kier alpha value is -0.120. The monoisotopic (exact) mass is 201 g/mol. The summed E-state index contributed by atoms with van der Waals surface area (Å²) in [4.78, 5) is 2.56. The molecular weight excluding hydrogens is 174 g/mol. The van der Waals surface area contributed by atoms with Crippen LogP contribution in [0, 0.1) is 0 Å². The lowest BCUT2D eigenvalue weighted by Gasteiger charge is -2.26. The Morgan fingerprint density at radius 1 is 1.14 bits per heavy atom. The van der Waals surface area contributed by atoms with Crippen molar-refractivity contribution in [3.8, 4) is 0 Å². The fraction of sp³-hybridized carbons (Fsp3) is 1.00. The van der Waals surface area contributed by atoms with Gasteiger partial charge < -0.3 is 16.0 Å². The summed E-state index contributed by atoms with van der Waals surface area (Å²) in [5, 5.41) is 3.36. The molecule has 0 unspecified atom stereocenters. The van der Waals surface area contributed by atoms with Gasteiger partial charge >= 0.3 is 0 Å². The normalized spacial score (nSPS) is 17.4. The molecule has 0 aromatic heterocycles. The summed E-state index contributed by atoms with van der Waals surface area (Å²) < 4.78 is 0. The summed E-state index contributed by atoms with van der Waals surface area (Å²) in [5.74, 6) is 0. The van der Waals surface area contributed by atoms with Crippen molar-refractivity contribution in [2.24, 2.45) is 5.73 Å². The van der Waals surface area contributed by atoms with Gasteiger partial charge in [0.15, 0.2) is 0 Å². The van der Waals surface area contributed by atoms with Gasteiger partial charge in [0.05, 0.1) is 0 Å². The zero-order chi connectivity index (χ0) is 10.6. The molecule has 0 radical (unpaired) electrons. The van der Waals surface area contributed by atoms with Crippen molar-refractivity contribution in [2.75, 3.05) is 39.3 Å². The van der Waals surface area contributed by atoms with Gasteiger partial charge in [-0.1, -0.05) is 26.7 Å². The zero-order valence-corrected chi connectivity index (χ0v) is 9.89. The average molecular weight is 201 g/mol. The van der Waals surface area contributed by atoms with Gasteiger partial charge in [0, 0.05) is 26.2 Å². The van der Waals surface area contributed by atoms with Gasteiger partial charge in [-0.2, -0.15) is 0 Å². The summed E-state index contributed by atoms with van der Waals surface area (Å²) in [7, 11) is 0. The van der Waals surface area contributed by atoms with Crippen LogP contribution in [0.1, 0.15) is 33.1 Å². The largest absolute Gasteiger partial charge is 0.331 e. The summed E-state index contributed by atoms with van der Waals surface area (Å²) in [6, 6.07) is 0. The molecule has 0 amide bonds. The van der Waals surface area contributed by atoms with E-state index in [-0.39, 0.29) is 0 Å². The first-order chi connectivity index (χ1) is 6.85. The lowest BCUT2D eigenvalue weighted by Crippen LogP contribution is -2.43. The quantitative estimate of drug-likeness (QED) is 0.668. The second kappa shape index (κ2) is 11.0. The van der Waals surface area contributed by atoms with Crippen LogP contribution in [-0.2, 0) is 0 Å². The number of nitrogens with zero attached hydrogens (tertiary/aromatic N) is 1. The predicted octanol–water partition coefficient (Wildman–Crippen LogP) is 1.05. The number of piperazine rings is 1.